The lowest BCUT2D eigenvalue weighted by Crippen LogP contribution is -2.37. The highest BCUT2D eigenvalue weighted by Crippen LogP contribution is 2.39. The second kappa shape index (κ2) is 8.06. The fraction of sp³-hybridized carbons (Fsp3) is 0.632. The Kier molecular flexibility index (Phi) is 5.81. The van der Waals surface area contributed by atoms with Crippen LogP contribution in [-0.2, 0) is 4.74 Å². The van der Waals surface area contributed by atoms with Crippen molar-refractivity contribution in [3.05, 3.63) is 23.8 Å². The lowest BCUT2D eigenvalue weighted by atomic mass is 9.82. The molecular weight excluding hydrogens is 320 g/mol. The minimum absolute atomic E-state index is 0.00843. The van der Waals surface area contributed by atoms with Crippen LogP contribution >= 0.6 is 0 Å². The molecule has 0 aromatic heterocycles. The number of nitrogens with two attached hydrogens (primary N) is 1. The van der Waals surface area contributed by atoms with E-state index in [4.69, 9.17) is 19.9 Å². The van der Waals surface area contributed by atoms with Crippen LogP contribution in [-0.4, -0.2) is 44.4 Å². The van der Waals surface area contributed by atoms with Gasteiger partial charge in [-0.15, -0.1) is 0 Å². The standard InChI is InChI=1S/C19H28N2O4/c1-23-16-6-5-14(11-17(16)24-10-9-20)18(22)21-15-12-19(25-13-15)7-3-2-4-8-19/h5-6,11,15H,2-4,7-10,12-13,20H2,1H3,(H,21,22). The van der Waals surface area contributed by atoms with Gasteiger partial charge in [-0.3, -0.25) is 4.79 Å². The number of carbonyl (C=O) groups excluding carboxylic acids is 1. The average Bonchev–Trinajstić information content (AvgIpc) is 3.02. The molecule has 138 valence electrons. The molecule has 1 unspecified atom stereocenters. The molecule has 3 N–H and O–H groups in total. The van der Waals surface area contributed by atoms with Crippen LogP contribution in [0.4, 0.5) is 0 Å². The third-order valence-electron chi connectivity index (χ3n) is 5.11. The van der Waals surface area contributed by atoms with Crippen molar-refractivity contribution < 1.29 is 19.0 Å². The molecular formula is C19H28N2O4. The SMILES string of the molecule is COc1ccc(C(=O)NC2COC3(CCCCC3)C2)cc1OCCN. The number of hydrogen-bond donors (Lipinski definition) is 2. The van der Waals surface area contributed by atoms with E-state index < -0.39 is 0 Å². The molecule has 2 aliphatic rings. The van der Waals surface area contributed by atoms with Crippen molar-refractivity contribution in [3.8, 4) is 11.5 Å². The Hall–Kier alpha value is -1.79. The Bertz CT molecular complexity index is 599. The largest absolute Gasteiger partial charge is 0.493 e. The van der Waals surface area contributed by atoms with Crippen molar-refractivity contribution in [2.75, 3.05) is 26.9 Å². The molecule has 0 bridgehead atoms. The molecule has 1 aromatic rings. The predicted octanol–water partition coefficient (Wildman–Crippen LogP) is 2.25. The van der Waals surface area contributed by atoms with Gasteiger partial charge in [0.1, 0.15) is 6.61 Å². The van der Waals surface area contributed by atoms with Crippen molar-refractivity contribution in [1.82, 2.24) is 5.32 Å². The summed E-state index contributed by atoms with van der Waals surface area (Å²) in [6.45, 7) is 1.37. The fourth-order valence-electron chi connectivity index (χ4n) is 3.85. The number of benzene rings is 1. The minimum atomic E-state index is -0.110. The molecule has 2 fully saturated rings. The van der Waals surface area contributed by atoms with Crippen LogP contribution in [0, 0.1) is 0 Å². The topological polar surface area (TPSA) is 82.8 Å². The van der Waals surface area contributed by atoms with Gasteiger partial charge in [0.15, 0.2) is 11.5 Å². The maximum Gasteiger partial charge on any atom is 0.251 e. The normalized spacial score (nSPS) is 21.9. The van der Waals surface area contributed by atoms with Gasteiger partial charge in [-0.25, -0.2) is 0 Å². The van der Waals surface area contributed by atoms with Crippen LogP contribution in [0.2, 0.25) is 0 Å². The molecule has 0 radical (unpaired) electrons. The second-order valence-electron chi connectivity index (χ2n) is 6.93. The third kappa shape index (κ3) is 4.25. The van der Waals surface area contributed by atoms with E-state index in [-0.39, 0.29) is 17.6 Å². The fourth-order valence-corrected chi connectivity index (χ4v) is 3.85. The van der Waals surface area contributed by atoms with Crippen LogP contribution in [0.3, 0.4) is 0 Å². The summed E-state index contributed by atoms with van der Waals surface area (Å²) < 4.78 is 16.9. The Morgan fingerprint density at radius 2 is 2.12 bits per heavy atom. The highest BCUT2D eigenvalue weighted by molar-refractivity contribution is 5.95. The number of rotatable bonds is 6. The molecule has 6 nitrogen and oxygen atoms in total. The number of methoxy groups -OCH3 is 1. The first kappa shape index (κ1) is 18.0. The van der Waals surface area contributed by atoms with E-state index in [1.807, 2.05) is 0 Å². The molecule has 1 atom stereocenters. The van der Waals surface area contributed by atoms with E-state index in [0.29, 0.717) is 36.8 Å². The maximum absolute atomic E-state index is 12.6. The lowest BCUT2D eigenvalue weighted by Gasteiger charge is -2.32. The summed E-state index contributed by atoms with van der Waals surface area (Å²) in [4.78, 5) is 12.6. The van der Waals surface area contributed by atoms with E-state index >= 15 is 0 Å². The summed E-state index contributed by atoms with van der Waals surface area (Å²) in [5, 5.41) is 3.10. The predicted molar refractivity (Wildman–Crippen MR) is 95.2 cm³/mol. The van der Waals surface area contributed by atoms with Crippen LogP contribution in [0.25, 0.3) is 0 Å². The number of amides is 1. The van der Waals surface area contributed by atoms with Crippen LogP contribution < -0.4 is 20.5 Å². The first-order valence-electron chi connectivity index (χ1n) is 9.11. The zero-order valence-electron chi connectivity index (χ0n) is 14.9. The van der Waals surface area contributed by atoms with Gasteiger partial charge >= 0.3 is 0 Å². The van der Waals surface area contributed by atoms with Crippen molar-refractivity contribution in [1.29, 1.82) is 0 Å². The van der Waals surface area contributed by atoms with Gasteiger partial charge in [0, 0.05) is 12.1 Å². The molecule has 1 amide bonds. The molecule has 1 aliphatic carbocycles. The first-order valence-corrected chi connectivity index (χ1v) is 9.11. The van der Waals surface area contributed by atoms with Gasteiger partial charge < -0.3 is 25.3 Å². The zero-order chi connectivity index (χ0) is 17.7. The Morgan fingerprint density at radius 3 is 2.84 bits per heavy atom. The zero-order valence-corrected chi connectivity index (χ0v) is 14.9. The molecule has 1 heterocycles. The Labute approximate surface area is 149 Å². The van der Waals surface area contributed by atoms with Gasteiger partial charge in [-0.05, 0) is 37.5 Å². The summed E-state index contributed by atoms with van der Waals surface area (Å²) in [5.41, 5.74) is 6.03. The van der Waals surface area contributed by atoms with E-state index in [0.717, 1.165) is 19.3 Å². The third-order valence-corrected chi connectivity index (χ3v) is 5.11. The summed E-state index contributed by atoms with van der Waals surface area (Å²) in [6, 6.07) is 5.27. The monoisotopic (exact) mass is 348 g/mol. The first-order chi connectivity index (χ1) is 12.2. The van der Waals surface area contributed by atoms with Gasteiger partial charge in [0.2, 0.25) is 0 Å². The molecule has 1 saturated heterocycles. The van der Waals surface area contributed by atoms with Gasteiger partial charge in [-0.1, -0.05) is 19.3 Å². The number of hydrogen-bond acceptors (Lipinski definition) is 5. The molecule has 1 spiro atoms. The Morgan fingerprint density at radius 1 is 1.32 bits per heavy atom. The maximum atomic E-state index is 12.6. The summed E-state index contributed by atoms with van der Waals surface area (Å²) in [5.74, 6) is 1.02. The van der Waals surface area contributed by atoms with Crippen molar-refractivity contribution >= 4 is 5.91 Å². The quantitative estimate of drug-likeness (QED) is 0.824. The minimum Gasteiger partial charge on any atom is -0.493 e. The average molecular weight is 348 g/mol. The smallest absolute Gasteiger partial charge is 0.251 e. The van der Waals surface area contributed by atoms with Crippen LogP contribution in [0.1, 0.15) is 48.9 Å². The van der Waals surface area contributed by atoms with E-state index in [1.54, 1.807) is 25.3 Å². The van der Waals surface area contributed by atoms with Crippen molar-refractivity contribution in [2.24, 2.45) is 5.73 Å². The van der Waals surface area contributed by atoms with E-state index in [1.165, 1.54) is 19.3 Å². The summed E-state index contributed by atoms with van der Waals surface area (Å²) >= 11 is 0. The summed E-state index contributed by atoms with van der Waals surface area (Å²) in [6.07, 6.45) is 6.87. The molecule has 1 aliphatic heterocycles. The lowest BCUT2D eigenvalue weighted by molar-refractivity contribution is -0.0246. The number of ether oxygens (including phenoxy) is 3. The van der Waals surface area contributed by atoms with Crippen LogP contribution in [0.15, 0.2) is 18.2 Å². The van der Waals surface area contributed by atoms with Gasteiger partial charge in [-0.2, -0.15) is 0 Å². The van der Waals surface area contributed by atoms with Crippen LogP contribution in [0.5, 0.6) is 11.5 Å². The molecule has 25 heavy (non-hydrogen) atoms. The molecule has 1 saturated carbocycles. The van der Waals surface area contributed by atoms with Crippen molar-refractivity contribution in [2.45, 2.75) is 50.2 Å². The number of nitrogens with one attached hydrogen (secondary N) is 1. The molecule has 6 heteroatoms. The van der Waals surface area contributed by atoms with Gasteiger partial charge in [0.05, 0.1) is 25.4 Å². The molecule has 3 rings (SSSR count). The molecule has 1 aromatic carbocycles. The van der Waals surface area contributed by atoms with Crippen molar-refractivity contribution in [3.63, 3.8) is 0 Å². The summed E-state index contributed by atoms with van der Waals surface area (Å²) in [7, 11) is 1.57. The van der Waals surface area contributed by atoms with Gasteiger partial charge in [0.25, 0.3) is 5.91 Å². The highest BCUT2D eigenvalue weighted by Gasteiger charge is 2.41. The number of carbonyl (C=O) groups is 1. The Balaban J connectivity index is 1.63. The van der Waals surface area contributed by atoms with E-state index in [2.05, 4.69) is 5.32 Å². The van der Waals surface area contributed by atoms with E-state index in [9.17, 15) is 4.79 Å². The highest BCUT2D eigenvalue weighted by atomic mass is 16.5. The second-order valence-corrected chi connectivity index (χ2v) is 6.93.